The van der Waals surface area contributed by atoms with Crippen molar-refractivity contribution in [2.24, 2.45) is 11.3 Å². The van der Waals surface area contributed by atoms with Crippen LogP contribution < -0.4 is 15.4 Å². The van der Waals surface area contributed by atoms with Gasteiger partial charge in [0.05, 0.1) is 5.56 Å². The van der Waals surface area contributed by atoms with E-state index in [2.05, 4.69) is 31.4 Å². The Morgan fingerprint density at radius 1 is 1.03 bits per heavy atom. The number of aryl methyl sites for hydroxylation is 1. The third-order valence-corrected chi connectivity index (χ3v) is 7.56. The van der Waals surface area contributed by atoms with Gasteiger partial charge >= 0.3 is 0 Å². The molecule has 0 saturated carbocycles. The number of ether oxygens (including phenoxy) is 1. The Labute approximate surface area is 205 Å². The summed E-state index contributed by atoms with van der Waals surface area (Å²) in [4.78, 5) is 27.3. The second-order valence-corrected chi connectivity index (χ2v) is 11.1. The van der Waals surface area contributed by atoms with Gasteiger partial charge in [0.1, 0.15) is 10.8 Å². The molecule has 1 atom stereocenters. The summed E-state index contributed by atoms with van der Waals surface area (Å²) in [5.74, 6) is 0.708. The molecule has 0 spiro atoms. The molecular formula is C28H32N2O3S. The number of amides is 2. The SMILES string of the molecule is Cc1ccc(NC(=O)c2c(NC(=O)COc3ccccc3)sc3c2CC[C@H](C(C)(C)C)C3)cc1. The molecule has 2 aromatic carbocycles. The molecule has 0 radical (unpaired) electrons. The lowest BCUT2D eigenvalue weighted by atomic mass is 9.72. The van der Waals surface area contributed by atoms with Gasteiger partial charge in [0.25, 0.3) is 11.8 Å². The summed E-state index contributed by atoms with van der Waals surface area (Å²) in [6, 6.07) is 17.0. The predicted octanol–water partition coefficient (Wildman–Crippen LogP) is 6.48. The van der Waals surface area contributed by atoms with Crippen molar-refractivity contribution in [2.75, 3.05) is 17.2 Å². The first-order valence-corrected chi connectivity index (χ1v) is 12.5. The van der Waals surface area contributed by atoms with Crippen molar-refractivity contribution in [3.05, 3.63) is 76.2 Å². The smallest absolute Gasteiger partial charge is 0.262 e. The molecule has 178 valence electrons. The topological polar surface area (TPSA) is 67.4 Å². The van der Waals surface area contributed by atoms with Crippen LogP contribution >= 0.6 is 11.3 Å². The van der Waals surface area contributed by atoms with Gasteiger partial charge in [0, 0.05) is 10.6 Å². The Balaban J connectivity index is 1.57. The van der Waals surface area contributed by atoms with Crippen LogP contribution in [0.1, 0.15) is 53.6 Å². The molecule has 4 rings (SSSR count). The van der Waals surface area contributed by atoms with Crippen molar-refractivity contribution < 1.29 is 14.3 Å². The maximum atomic E-state index is 13.4. The summed E-state index contributed by atoms with van der Waals surface area (Å²) in [5, 5.41) is 6.58. The number of anilines is 2. The third-order valence-electron chi connectivity index (χ3n) is 6.39. The Morgan fingerprint density at radius 3 is 2.41 bits per heavy atom. The summed E-state index contributed by atoms with van der Waals surface area (Å²) in [5.41, 5.74) is 3.71. The molecule has 0 unspecified atom stereocenters. The number of carbonyl (C=O) groups is 2. The van der Waals surface area contributed by atoms with Crippen molar-refractivity contribution in [3.8, 4) is 5.75 Å². The van der Waals surface area contributed by atoms with E-state index in [4.69, 9.17) is 4.74 Å². The summed E-state index contributed by atoms with van der Waals surface area (Å²) in [6.45, 7) is 8.70. The number of rotatable bonds is 6. The monoisotopic (exact) mass is 476 g/mol. The fourth-order valence-corrected chi connectivity index (χ4v) is 5.65. The van der Waals surface area contributed by atoms with Crippen LogP contribution in [0, 0.1) is 18.3 Å². The average molecular weight is 477 g/mol. The molecule has 5 nitrogen and oxygen atoms in total. The summed E-state index contributed by atoms with van der Waals surface area (Å²) in [7, 11) is 0. The molecule has 0 aliphatic heterocycles. The van der Waals surface area contributed by atoms with E-state index in [0.717, 1.165) is 36.1 Å². The van der Waals surface area contributed by atoms with Gasteiger partial charge in [-0.25, -0.2) is 0 Å². The van der Waals surface area contributed by atoms with Crippen LogP contribution in [-0.4, -0.2) is 18.4 Å². The molecule has 0 fully saturated rings. The standard InChI is InChI=1S/C28H32N2O3S/c1-18-10-13-20(14-11-18)29-26(32)25-22-15-12-19(28(2,3)4)16-23(22)34-27(25)30-24(31)17-33-21-8-6-5-7-9-21/h5-11,13-14,19H,12,15-17H2,1-4H3,(H,29,32)(H,30,31)/t19-/m0/s1. The predicted molar refractivity (Wildman–Crippen MR) is 139 cm³/mol. The van der Waals surface area contributed by atoms with Crippen LogP contribution in [0.5, 0.6) is 5.75 Å². The van der Waals surface area contributed by atoms with E-state index >= 15 is 0 Å². The maximum Gasteiger partial charge on any atom is 0.262 e. The van der Waals surface area contributed by atoms with Crippen molar-refractivity contribution in [2.45, 2.75) is 47.0 Å². The van der Waals surface area contributed by atoms with E-state index in [1.165, 1.54) is 16.2 Å². The van der Waals surface area contributed by atoms with Gasteiger partial charge < -0.3 is 15.4 Å². The first-order chi connectivity index (χ1) is 16.2. The molecular weight excluding hydrogens is 444 g/mol. The highest BCUT2D eigenvalue weighted by molar-refractivity contribution is 7.17. The van der Waals surface area contributed by atoms with Crippen LogP contribution in [-0.2, 0) is 17.6 Å². The lowest BCUT2D eigenvalue weighted by Crippen LogP contribution is -2.27. The lowest BCUT2D eigenvalue weighted by molar-refractivity contribution is -0.118. The first kappa shape index (κ1) is 24.0. The molecule has 34 heavy (non-hydrogen) atoms. The van der Waals surface area contributed by atoms with E-state index in [-0.39, 0.29) is 23.8 Å². The number of fused-ring (bicyclic) bond motifs is 1. The molecule has 6 heteroatoms. The molecule has 0 bridgehead atoms. The fourth-order valence-electron chi connectivity index (χ4n) is 4.31. The molecule has 1 aliphatic carbocycles. The highest BCUT2D eigenvalue weighted by Crippen LogP contribution is 2.44. The quantitative estimate of drug-likeness (QED) is 0.428. The number of thiophene rings is 1. The molecule has 0 saturated heterocycles. The molecule has 1 aromatic heterocycles. The number of para-hydroxylation sites is 1. The molecule has 1 aliphatic rings. The van der Waals surface area contributed by atoms with E-state index < -0.39 is 0 Å². The second-order valence-electron chi connectivity index (χ2n) is 9.98. The van der Waals surface area contributed by atoms with Gasteiger partial charge in [-0.05, 0) is 67.3 Å². The Hall–Kier alpha value is -3.12. The van der Waals surface area contributed by atoms with Crippen molar-refractivity contribution >= 4 is 33.8 Å². The largest absolute Gasteiger partial charge is 0.484 e. The molecule has 2 N–H and O–H groups in total. The number of carbonyl (C=O) groups excluding carboxylic acids is 2. The highest BCUT2D eigenvalue weighted by Gasteiger charge is 2.34. The third kappa shape index (κ3) is 5.68. The number of hydrogen-bond acceptors (Lipinski definition) is 4. The van der Waals surface area contributed by atoms with Crippen molar-refractivity contribution in [1.29, 1.82) is 0 Å². The fraction of sp³-hybridized carbons (Fsp3) is 0.357. The maximum absolute atomic E-state index is 13.4. The molecule has 2 amide bonds. The zero-order valence-corrected chi connectivity index (χ0v) is 21.1. The minimum atomic E-state index is -0.279. The zero-order valence-electron chi connectivity index (χ0n) is 20.2. The van der Waals surface area contributed by atoms with Gasteiger partial charge in [0.2, 0.25) is 0 Å². The van der Waals surface area contributed by atoms with E-state index in [1.54, 1.807) is 0 Å². The van der Waals surface area contributed by atoms with E-state index in [0.29, 0.717) is 22.2 Å². The summed E-state index contributed by atoms with van der Waals surface area (Å²) in [6.07, 6.45) is 2.79. The Bertz CT molecular complexity index is 1160. The zero-order chi connectivity index (χ0) is 24.3. The molecule has 1 heterocycles. The molecule has 3 aromatic rings. The lowest BCUT2D eigenvalue weighted by Gasteiger charge is -2.33. The number of nitrogens with one attached hydrogen (secondary N) is 2. The van der Waals surface area contributed by atoms with Crippen LogP contribution in [0.2, 0.25) is 0 Å². The van der Waals surface area contributed by atoms with Gasteiger partial charge in [-0.15, -0.1) is 11.3 Å². The normalized spacial score (nSPS) is 15.4. The average Bonchev–Trinajstić information content (AvgIpc) is 3.16. The van der Waals surface area contributed by atoms with Crippen LogP contribution in [0.25, 0.3) is 0 Å². The van der Waals surface area contributed by atoms with Crippen molar-refractivity contribution in [1.82, 2.24) is 0 Å². The Morgan fingerprint density at radius 2 is 1.74 bits per heavy atom. The van der Waals surface area contributed by atoms with Crippen LogP contribution in [0.4, 0.5) is 10.7 Å². The van der Waals surface area contributed by atoms with Crippen LogP contribution in [0.15, 0.2) is 54.6 Å². The van der Waals surface area contributed by atoms with Crippen LogP contribution in [0.3, 0.4) is 0 Å². The van der Waals surface area contributed by atoms with E-state index in [1.807, 2.05) is 61.5 Å². The first-order valence-electron chi connectivity index (χ1n) is 11.7. The van der Waals surface area contributed by atoms with E-state index in [9.17, 15) is 9.59 Å². The van der Waals surface area contributed by atoms with Crippen molar-refractivity contribution in [3.63, 3.8) is 0 Å². The van der Waals surface area contributed by atoms with Gasteiger partial charge in [0.15, 0.2) is 6.61 Å². The summed E-state index contributed by atoms with van der Waals surface area (Å²) < 4.78 is 5.60. The minimum absolute atomic E-state index is 0.115. The number of benzene rings is 2. The van der Waals surface area contributed by atoms with Gasteiger partial charge in [-0.1, -0.05) is 56.7 Å². The van der Waals surface area contributed by atoms with Gasteiger partial charge in [-0.2, -0.15) is 0 Å². The van der Waals surface area contributed by atoms with Gasteiger partial charge in [-0.3, -0.25) is 9.59 Å². The number of hydrogen-bond donors (Lipinski definition) is 2. The Kier molecular flexibility index (Phi) is 7.08. The highest BCUT2D eigenvalue weighted by atomic mass is 32.1. The summed E-state index contributed by atoms with van der Waals surface area (Å²) >= 11 is 1.52. The minimum Gasteiger partial charge on any atom is -0.484 e. The second kappa shape index (κ2) is 10.0.